The Morgan fingerprint density at radius 2 is 1.71 bits per heavy atom. The molecule has 2 heteroatoms. The summed E-state index contributed by atoms with van der Waals surface area (Å²) in [6.45, 7) is 4.93. The monoisotopic (exact) mass is 289 g/mol. The van der Waals surface area contributed by atoms with Crippen LogP contribution in [-0.2, 0) is 0 Å². The van der Waals surface area contributed by atoms with Crippen LogP contribution in [0.25, 0.3) is 17.0 Å². The average molecular weight is 289 g/mol. The Bertz CT molecular complexity index is 808. The average Bonchev–Trinajstić information content (AvgIpc) is 3.11. The van der Waals surface area contributed by atoms with Crippen molar-refractivity contribution in [1.82, 2.24) is 4.98 Å². The standard InChI is InChI=1S/C19H19NSi/c1-21(2,18-12-11-14-7-3-5-9-16(14)18)19-13-15-8-4-6-10-17(15)20-19/h3-13,18,20H,1-2H3. The van der Waals surface area contributed by atoms with Crippen LogP contribution in [0.4, 0.5) is 0 Å². The third kappa shape index (κ3) is 1.90. The Labute approximate surface area is 126 Å². The van der Waals surface area contributed by atoms with Crippen molar-refractivity contribution in [2.45, 2.75) is 18.6 Å². The van der Waals surface area contributed by atoms with Gasteiger partial charge in [0, 0.05) is 16.4 Å². The summed E-state index contributed by atoms with van der Waals surface area (Å²) in [4.78, 5) is 3.67. The van der Waals surface area contributed by atoms with Gasteiger partial charge in [0.1, 0.15) is 8.07 Å². The molecule has 1 unspecified atom stereocenters. The number of para-hydroxylation sites is 1. The van der Waals surface area contributed by atoms with Crippen LogP contribution >= 0.6 is 0 Å². The van der Waals surface area contributed by atoms with E-state index in [1.54, 1.807) is 0 Å². The van der Waals surface area contributed by atoms with E-state index in [4.69, 9.17) is 0 Å². The van der Waals surface area contributed by atoms with Crippen molar-refractivity contribution in [3.63, 3.8) is 0 Å². The van der Waals surface area contributed by atoms with Crippen molar-refractivity contribution in [1.29, 1.82) is 0 Å². The van der Waals surface area contributed by atoms with Crippen LogP contribution in [0, 0.1) is 0 Å². The second kappa shape index (κ2) is 4.47. The van der Waals surface area contributed by atoms with Gasteiger partial charge in [-0.25, -0.2) is 0 Å². The molecule has 0 saturated carbocycles. The highest BCUT2D eigenvalue weighted by Crippen LogP contribution is 2.36. The predicted molar refractivity (Wildman–Crippen MR) is 93.6 cm³/mol. The molecule has 0 spiro atoms. The third-order valence-electron chi connectivity index (χ3n) is 4.80. The molecule has 3 aromatic rings. The largest absolute Gasteiger partial charge is 0.362 e. The number of nitrogens with one attached hydrogen (secondary N) is 1. The number of aromatic amines is 1. The number of H-pyrrole nitrogens is 1. The summed E-state index contributed by atoms with van der Waals surface area (Å²) in [6.07, 6.45) is 4.69. The van der Waals surface area contributed by atoms with Crippen LogP contribution in [0.2, 0.25) is 13.1 Å². The maximum Gasteiger partial charge on any atom is 0.112 e. The number of hydrogen-bond donors (Lipinski definition) is 1. The zero-order valence-corrected chi connectivity index (χ0v) is 13.4. The lowest BCUT2D eigenvalue weighted by Crippen LogP contribution is -2.47. The molecule has 1 N–H and O–H groups in total. The molecule has 104 valence electrons. The first-order valence-corrected chi connectivity index (χ1v) is 10.6. The van der Waals surface area contributed by atoms with Crippen LogP contribution in [0.5, 0.6) is 0 Å². The summed E-state index contributed by atoms with van der Waals surface area (Å²) in [6, 6.07) is 19.7. The fourth-order valence-corrected chi connectivity index (χ4v) is 6.40. The van der Waals surface area contributed by atoms with Crippen molar-refractivity contribution in [3.8, 4) is 0 Å². The number of fused-ring (bicyclic) bond motifs is 2. The minimum Gasteiger partial charge on any atom is -0.362 e. The molecule has 1 aliphatic rings. The topological polar surface area (TPSA) is 15.8 Å². The van der Waals surface area contributed by atoms with Crippen molar-refractivity contribution in [2.24, 2.45) is 0 Å². The summed E-state index contributed by atoms with van der Waals surface area (Å²) in [5, 5.41) is 2.76. The number of benzene rings is 2. The SMILES string of the molecule is C[Si](C)(c1cc2ccccc2[nH]1)C1C=Cc2ccccc21. The molecule has 1 aliphatic carbocycles. The van der Waals surface area contributed by atoms with E-state index >= 15 is 0 Å². The first kappa shape index (κ1) is 12.7. The summed E-state index contributed by atoms with van der Waals surface area (Å²) in [5.74, 6) is 0. The zero-order chi connectivity index (χ0) is 14.4. The summed E-state index contributed by atoms with van der Waals surface area (Å²) in [7, 11) is -1.62. The number of hydrogen-bond acceptors (Lipinski definition) is 0. The third-order valence-corrected chi connectivity index (χ3v) is 8.52. The Balaban J connectivity index is 1.82. The van der Waals surface area contributed by atoms with Gasteiger partial charge in [-0.3, -0.25) is 0 Å². The van der Waals surface area contributed by atoms with Crippen molar-refractivity contribution >= 4 is 30.4 Å². The van der Waals surface area contributed by atoms with Gasteiger partial charge in [-0.15, -0.1) is 0 Å². The van der Waals surface area contributed by atoms with Gasteiger partial charge in [-0.2, -0.15) is 0 Å². The molecule has 1 aromatic heterocycles. The van der Waals surface area contributed by atoms with E-state index in [-0.39, 0.29) is 0 Å². The summed E-state index contributed by atoms with van der Waals surface area (Å²) in [5.41, 5.74) is 4.69. The maximum absolute atomic E-state index is 3.67. The molecular formula is C19H19NSi. The first-order chi connectivity index (χ1) is 10.2. The van der Waals surface area contributed by atoms with Crippen LogP contribution in [0.1, 0.15) is 16.7 Å². The van der Waals surface area contributed by atoms with Gasteiger partial charge in [-0.1, -0.05) is 67.7 Å². The van der Waals surface area contributed by atoms with Crippen molar-refractivity contribution in [3.05, 3.63) is 71.8 Å². The van der Waals surface area contributed by atoms with Crippen molar-refractivity contribution in [2.75, 3.05) is 0 Å². The quantitative estimate of drug-likeness (QED) is 0.672. The lowest BCUT2D eigenvalue weighted by Gasteiger charge is -2.28. The molecular weight excluding hydrogens is 270 g/mol. The molecule has 0 amide bonds. The molecule has 2 aromatic carbocycles. The molecule has 0 radical (unpaired) electrons. The highest BCUT2D eigenvalue weighted by atomic mass is 28.3. The molecule has 1 nitrogen and oxygen atoms in total. The molecule has 0 bridgehead atoms. The second-order valence-electron chi connectivity index (χ2n) is 6.46. The fourth-order valence-electron chi connectivity index (χ4n) is 3.47. The van der Waals surface area contributed by atoms with Gasteiger partial charge in [-0.05, 0) is 28.6 Å². The van der Waals surface area contributed by atoms with Gasteiger partial charge in [0.05, 0.1) is 0 Å². The number of rotatable bonds is 2. The fraction of sp³-hybridized carbons (Fsp3) is 0.158. The molecule has 4 rings (SSSR count). The van der Waals surface area contributed by atoms with E-state index in [2.05, 4.69) is 84.8 Å². The lowest BCUT2D eigenvalue weighted by molar-refractivity contribution is 1.17. The van der Waals surface area contributed by atoms with Crippen LogP contribution in [0.3, 0.4) is 0 Å². The van der Waals surface area contributed by atoms with Gasteiger partial charge < -0.3 is 4.98 Å². The van der Waals surface area contributed by atoms with E-state index in [0.717, 1.165) is 0 Å². The first-order valence-electron chi connectivity index (χ1n) is 7.51. The molecule has 0 fully saturated rings. The van der Waals surface area contributed by atoms with Crippen molar-refractivity contribution < 1.29 is 0 Å². The Morgan fingerprint density at radius 1 is 0.952 bits per heavy atom. The second-order valence-corrected chi connectivity index (χ2v) is 11.1. The van der Waals surface area contributed by atoms with Gasteiger partial charge in [0.15, 0.2) is 0 Å². The normalized spacial score (nSPS) is 17.3. The summed E-state index contributed by atoms with van der Waals surface area (Å²) < 4.78 is 0. The van der Waals surface area contributed by atoms with E-state index in [9.17, 15) is 0 Å². The molecule has 1 heterocycles. The van der Waals surface area contributed by atoms with E-state index < -0.39 is 8.07 Å². The smallest absolute Gasteiger partial charge is 0.112 e. The van der Waals surface area contributed by atoms with E-state index in [0.29, 0.717) is 5.54 Å². The van der Waals surface area contributed by atoms with Gasteiger partial charge in [0.2, 0.25) is 0 Å². The summed E-state index contributed by atoms with van der Waals surface area (Å²) >= 11 is 0. The van der Waals surface area contributed by atoms with E-state index in [1.807, 2.05) is 0 Å². The van der Waals surface area contributed by atoms with Gasteiger partial charge >= 0.3 is 0 Å². The predicted octanol–water partition coefficient (Wildman–Crippen LogP) is 4.43. The Kier molecular flexibility index (Phi) is 2.69. The molecule has 0 aliphatic heterocycles. The Hall–Kier alpha value is -2.06. The van der Waals surface area contributed by atoms with Crippen LogP contribution < -0.4 is 5.32 Å². The van der Waals surface area contributed by atoms with Gasteiger partial charge in [0.25, 0.3) is 0 Å². The maximum atomic E-state index is 3.67. The Morgan fingerprint density at radius 3 is 2.57 bits per heavy atom. The molecule has 1 atom stereocenters. The van der Waals surface area contributed by atoms with Crippen LogP contribution in [0.15, 0.2) is 60.7 Å². The highest BCUT2D eigenvalue weighted by molar-refractivity contribution is 6.91. The van der Waals surface area contributed by atoms with E-state index in [1.165, 1.54) is 27.3 Å². The number of aromatic nitrogens is 1. The minimum absolute atomic E-state index is 0.557. The number of allylic oxidation sites excluding steroid dienone is 1. The minimum atomic E-state index is -1.62. The highest BCUT2D eigenvalue weighted by Gasteiger charge is 2.37. The van der Waals surface area contributed by atoms with Crippen LogP contribution in [-0.4, -0.2) is 13.1 Å². The lowest BCUT2D eigenvalue weighted by atomic mass is 10.1. The molecule has 0 saturated heterocycles. The zero-order valence-electron chi connectivity index (χ0n) is 12.4. The molecule has 21 heavy (non-hydrogen) atoms.